The number of carbonyl (C=O) groups excluding carboxylic acids is 6. The van der Waals surface area contributed by atoms with Gasteiger partial charge in [0.25, 0.3) is 0 Å². The zero-order chi connectivity index (χ0) is 31.3. The van der Waals surface area contributed by atoms with Crippen molar-refractivity contribution in [1.82, 2.24) is 26.2 Å². The van der Waals surface area contributed by atoms with E-state index in [4.69, 9.17) is 5.73 Å². The molecule has 1 fully saturated rings. The Balaban J connectivity index is 0. The van der Waals surface area contributed by atoms with Gasteiger partial charge in [0.05, 0.1) is 12.0 Å². The molecule has 1 heterocycles. The van der Waals surface area contributed by atoms with Crippen LogP contribution in [0.3, 0.4) is 0 Å². The summed E-state index contributed by atoms with van der Waals surface area (Å²) in [4.78, 5) is 67.3. The first-order valence-corrected chi connectivity index (χ1v) is 13.6. The Hall–Kier alpha value is -3.70. The predicted octanol–water partition coefficient (Wildman–Crippen LogP) is 2.11. The fraction of sp³-hybridized carbons (Fsp3) is 0.643. The normalized spacial score (nSPS) is 14.0. The number of urea groups is 1. The summed E-state index contributed by atoms with van der Waals surface area (Å²) >= 11 is 0. The Kier molecular flexibility index (Phi) is 20.3. The maximum Gasteiger partial charge on any atom is 0.312 e. The highest BCUT2D eigenvalue weighted by molar-refractivity contribution is 6.05. The van der Waals surface area contributed by atoms with Gasteiger partial charge in [-0.2, -0.15) is 0 Å². The van der Waals surface area contributed by atoms with Gasteiger partial charge in [-0.25, -0.2) is 4.79 Å². The first-order valence-electron chi connectivity index (χ1n) is 13.6. The minimum atomic E-state index is -0.552. The molecule has 0 bridgehead atoms. The molecular formula is C28H50N6O6. The average molecular weight is 567 g/mol. The van der Waals surface area contributed by atoms with Gasteiger partial charge in [0.2, 0.25) is 30.0 Å². The molecule has 6 N–H and O–H groups in total. The number of carbonyl (C=O) groups is 6. The quantitative estimate of drug-likeness (QED) is 0.0876. The maximum atomic E-state index is 12.0. The fourth-order valence-corrected chi connectivity index (χ4v) is 3.14. The molecule has 0 aromatic rings. The lowest BCUT2D eigenvalue weighted by atomic mass is 9.92. The van der Waals surface area contributed by atoms with Crippen LogP contribution in [-0.4, -0.2) is 66.6 Å². The van der Waals surface area contributed by atoms with E-state index in [1.54, 1.807) is 0 Å². The number of nitrogens with zero attached hydrogens (tertiary/aromatic N) is 1. The zero-order valence-corrected chi connectivity index (χ0v) is 25.1. The molecule has 0 aromatic heterocycles. The third-order valence-corrected chi connectivity index (χ3v) is 5.83. The standard InChI is InChI=1S/C17H30N2O3.C7H10N2O2.C4H10N2O/c1-12(2)13(3)18-14(20)9-7-6-8-10-19-15(21)11-17(4,5)16(19)22;1-3-6(2)9-7(11)4-8-5-10;1-2-3-6-4(5)7/h12-13H,6-11H2,1-5H3,(H,18,20);3,5H,1-2,4H2,(H,8,10)(H,9,11);2-3H2,1H3,(H3,5,6,7). The van der Waals surface area contributed by atoms with Crippen molar-refractivity contribution < 1.29 is 28.8 Å². The van der Waals surface area contributed by atoms with Crippen LogP contribution in [0.1, 0.15) is 80.1 Å². The van der Waals surface area contributed by atoms with Gasteiger partial charge in [0.1, 0.15) is 0 Å². The number of imide groups is 1. The summed E-state index contributed by atoms with van der Waals surface area (Å²) in [5.41, 5.74) is 4.60. The molecule has 7 amide bonds. The molecular weight excluding hydrogens is 516 g/mol. The van der Waals surface area contributed by atoms with Crippen molar-refractivity contribution in [2.45, 2.75) is 86.1 Å². The highest BCUT2D eigenvalue weighted by Gasteiger charge is 2.44. The van der Waals surface area contributed by atoms with Gasteiger partial charge in [0.15, 0.2) is 0 Å². The number of likely N-dealkylation sites (tertiary alicyclic amines) is 1. The number of nitrogens with one attached hydrogen (secondary N) is 4. The van der Waals surface area contributed by atoms with E-state index < -0.39 is 11.4 Å². The first-order chi connectivity index (χ1) is 18.6. The van der Waals surface area contributed by atoms with Crippen molar-refractivity contribution in [3.05, 3.63) is 24.9 Å². The summed E-state index contributed by atoms with van der Waals surface area (Å²) < 4.78 is 0. The minimum absolute atomic E-state index is 0.0453. The number of allylic oxidation sites excluding steroid dienone is 1. The van der Waals surface area contributed by atoms with Crippen molar-refractivity contribution in [3.8, 4) is 0 Å². The number of amides is 7. The van der Waals surface area contributed by atoms with E-state index in [0.717, 1.165) is 25.7 Å². The van der Waals surface area contributed by atoms with Gasteiger partial charge in [-0.15, -0.1) is 0 Å². The SMILES string of the molecule is C=CC(=C)NC(=O)CNC=O.CC(C)C(C)NC(=O)CCCCCN1C(=O)CC(C)(C)C1=O.CCCNC(N)=O. The van der Waals surface area contributed by atoms with Gasteiger partial charge in [-0.3, -0.25) is 28.9 Å². The first kappa shape index (κ1) is 38.4. The monoisotopic (exact) mass is 566 g/mol. The second-order valence-electron chi connectivity index (χ2n) is 10.4. The van der Waals surface area contributed by atoms with E-state index in [2.05, 4.69) is 48.3 Å². The molecule has 1 saturated heterocycles. The third-order valence-electron chi connectivity index (χ3n) is 5.83. The summed E-state index contributed by atoms with van der Waals surface area (Å²) in [6.45, 7) is 19.7. The van der Waals surface area contributed by atoms with Crippen LogP contribution in [0.5, 0.6) is 0 Å². The molecule has 1 aliphatic heterocycles. The minimum Gasteiger partial charge on any atom is -0.353 e. The highest BCUT2D eigenvalue weighted by Crippen LogP contribution is 2.31. The van der Waals surface area contributed by atoms with Crippen LogP contribution in [0.15, 0.2) is 24.9 Å². The number of unbranched alkanes of at least 4 members (excludes halogenated alkanes) is 2. The van der Waals surface area contributed by atoms with Gasteiger partial charge in [-0.05, 0) is 38.2 Å². The second kappa shape index (κ2) is 21.2. The van der Waals surface area contributed by atoms with Crippen LogP contribution >= 0.6 is 0 Å². The van der Waals surface area contributed by atoms with Crippen molar-refractivity contribution in [3.63, 3.8) is 0 Å². The van der Waals surface area contributed by atoms with E-state index in [1.165, 1.54) is 11.0 Å². The van der Waals surface area contributed by atoms with Crippen LogP contribution < -0.4 is 27.0 Å². The van der Waals surface area contributed by atoms with Crippen molar-refractivity contribution in [2.24, 2.45) is 17.1 Å². The molecule has 1 aliphatic rings. The highest BCUT2D eigenvalue weighted by atomic mass is 16.2. The van der Waals surface area contributed by atoms with Crippen molar-refractivity contribution in [1.29, 1.82) is 0 Å². The summed E-state index contributed by atoms with van der Waals surface area (Å²) in [7, 11) is 0. The van der Waals surface area contributed by atoms with E-state index in [0.29, 0.717) is 44.0 Å². The molecule has 0 aliphatic carbocycles. The van der Waals surface area contributed by atoms with Gasteiger partial charge in [0, 0.05) is 37.7 Å². The van der Waals surface area contributed by atoms with Crippen LogP contribution in [0.2, 0.25) is 0 Å². The predicted molar refractivity (Wildman–Crippen MR) is 155 cm³/mol. The van der Waals surface area contributed by atoms with Crippen molar-refractivity contribution in [2.75, 3.05) is 19.6 Å². The summed E-state index contributed by atoms with van der Waals surface area (Å²) in [6.07, 6.45) is 6.02. The molecule has 12 nitrogen and oxygen atoms in total. The number of hydrogen-bond donors (Lipinski definition) is 5. The largest absolute Gasteiger partial charge is 0.353 e. The smallest absolute Gasteiger partial charge is 0.312 e. The van der Waals surface area contributed by atoms with E-state index in [-0.39, 0.29) is 36.2 Å². The van der Waals surface area contributed by atoms with Crippen LogP contribution in [0.4, 0.5) is 4.79 Å². The average Bonchev–Trinajstić information content (AvgIpc) is 3.07. The fourth-order valence-electron chi connectivity index (χ4n) is 3.14. The molecule has 1 unspecified atom stereocenters. The van der Waals surface area contributed by atoms with Gasteiger partial charge in [-0.1, -0.05) is 54.2 Å². The molecule has 0 spiro atoms. The topological polar surface area (TPSA) is 180 Å². The lowest BCUT2D eigenvalue weighted by molar-refractivity contribution is -0.141. The summed E-state index contributed by atoms with van der Waals surface area (Å²) in [6, 6.07) is -0.253. The molecule has 228 valence electrons. The van der Waals surface area contributed by atoms with Crippen LogP contribution in [-0.2, 0) is 24.0 Å². The maximum absolute atomic E-state index is 12.0. The number of nitrogens with two attached hydrogens (primary N) is 1. The Labute approximate surface area is 238 Å². The molecule has 12 heteroatoms. The molecule has 1 rings (SSSR count). The Morgan fingerprint density at radius 3 is 2.15 bits per heavy atom. The zero-order valence-electron chi connectivity index (χ0n) is 25.1. The number of rotatable bonds is 15. The molecule has 40 heavy (non-hydrogen) atoms. The van der Waals surface area contributed by atoms with E-state index >= 15 is 0 Å². The van der Waals surface area contributed by atoms with Crippen LogP contribution in [0.25, 0.3) is 0 Å². The number of hydrogen-bond acceptors (Lipinski definition) is 6. The van der Waals surface area contributed by atoms with E-state index in [9.17, 15) is 28.8 Å². The third kappa shape index (κ3) is 18.5. The lowest BCUT2D eigenvalue weighted by Crippen LogP contribution is -2.36. The summed E-state index contributed by atoms with van der Waals surface area (Å²) in [5.74, 6) is 0.0525. The second-order valence-corrected chi connectivity index (χ2v) is 10.4. The Morgan fingerprint density at radius 1 is 1.10 bits per heavy atom. The van der Waals surface area contributed by atoms with Gasteiger partial charge >= 0.3 is 6.03 Å². The molecule has 0 saturated carbocycles. The van der Waals surface area contributed by atoms with E-state index in [1.807, 2.05) is 27.7 Å². The van der Waals surface area contributed by atoms with Gasteiger partial charge < -0.3 is 27.0 Å². The number of primary amides is 1. The lowest BCUT2D eigenvalue weighted by Gasteiger charge is -2.18. The Morgan fingerprint density at radius 2 is 1.73 bits per heavy atom. The summed E-state index contributed by atoms with van der Waals surface area (Å²) in [5, 5.41) is 10.0. The molecule has 0 radical (unpaired) electrons. The Bertz CT molecular complexity index is 871. The van der Waals surface area contributed by atoms with Crippen molar-refractivity contribution >= 4 is 36.1 Å². The molecule has 1 atom stereocenters. The van der Waals surface area contributed by atoms with Crippen LogP contribution in [0, 0.1) is 11.3 Å². The molecule has 0 aromatic carbocycles.